The Kier molecular flexibility index (Phi) is 5.83. The Morgan fingerprint density at radius 1 is 1.20 bits per heavy atom. The summed E-state index contributed by atoms with van der Waals surface area (Å²) in [5.74, 6) is -1.24. The van der Waals surface area contributed by atoms with Crippen molar-refractivity contribution in [2.45, 2.75) is 32.7 Å². The molecule has 3 heterocycles. The van der Waals surface area contributed by atoms with Crippen LogP contribution in [0.3, 0.4) is 0 Å². The van der Waals surface area contributed by atoms with Crippen molar-refractivity contribution in [1.82, 2.24) is 9.88 Å². The highest BCUT2D eigenvalue weighted by atomic mass is 32.1. The van der Waals surface area contributed by atoms with Crippen LogP contribution in [0.25, 0.3) is 10.6 Å². The van der Waals surface area contributed by atoms with Gasteiger partial charge in [0.05, 0.1) is 22.2 Å². The first-order valence-electron chi connectivity index (χ1n) is 9.88. The predicted octanol–water partition coefficient (Wildman–Crippen LogP) is 5.56. The van der Waals surface area contributed by atoms with Crippen LogP contribution in [0.1, 0.15) is 46.0 Å². The second kappa shape index (κ2) is 8.53. The zero-order chi connectivity index (χ0) is 21.3. The molecule has 2 aromatic heterocycles. The van der Waals surface area contributed by atoms with E-state index < -0.39 is 17.7 Å². The smallest absolute Gasteiger partial charge is 0.290 e. The van der Waals surface area contributed by atoms with Crippen LogP contribution in [0, 0.1) is 6.92 Å². The number of rotatable bonds is 7. The maximum Gasteiger partial charge on any atom is 0.290 e. The maximum atomic E-state index is 13.6. The van der Waals surface area contributed by atoms with Crippen molar-refractivity contribution < 1.29 is 14.7 Å². The average molecular weight is 439 g/mol. The number of Topliss-reactive ketones (excluding diaryl/α,β-unsaturated/α-hetero) is 1. The summed E-state index contributed by atoms with van der Waals surface area (Å²) in [6.07, 6.45) is 1.72. The Labute approximate surface area is 183 Å². The molecule has 0 saturated heterocycles. The summed E-state index contributed by atoms with van der Waals surface area (Å²) in [6.45, 7) is 4.33. The van der Waals surface area contributed by atoms with Gasteiger partial charge in [-0.25, -0.2) is 4.98 Å². The van der Waals surface area contributed by atoms with Gasteiger partial charge in [0.25, 0.3) is 5.91 Å². The lowest BCUT2D eigenvalue weighted by atomic mass is 10.00. The summed E-state index contributed by atoms with van der Waals surface area (Å²) in [5, 5.41) is 13.4. The van der Waals surface area contributed by atoms with Crippen molar-refractivity contribution in [3.05, 3.63) is 74.6 Å². The van der Waals surface area contributed by atoms with Gasteiger partial charge < -0.3 is 10.0 Å². The SMILES string of the molecule is CCCCN1C(=O)C(O)=C(C(=O)c2sc(-c3ccccc3)nc2C)C1c1cccs1. The molecule has 1 aromatic carbocycles. The van der Waals surface area contributed by atoms with Crippen molar-refractivity contribution in [3.8, 4) is 10.6 Å². The number of unbranched alkanes of at least 4 members (excludes halogenated alkanes) is 1. The Morgan fingerprint density at radius 3 is 2.63 bits per heavy atom. The molecule has 4 rings (SSSR count). The number of thiazole rings is 1. The van der Waals surface area contributed by atoms with Crippen molar-refractivity contribution >= 4 is 34.4 Å². The number of benzene rings is 1. The van der Waals surface area contributed by atoms with Crippen LogP contribution in [0.2, 0.25) is 0 Å². The summed E-state index contributed by atoms with van der Waals surface area (Å²) in [4.78, 5) is 33.9. The molecular weight excluding hydrogens is 416 g/mol. The zero-order valence-electron chi connectivity index (χ0n) is 16.8. The van der Waals surface area contributed by atoms with Gasteiger partial charge in [-0.15, -0.1) is 22.7 Å². The molecule has 154 valence electrons. The molecule has 0 aliphatic carbocycles. The van der Waals surface area contributed by atoms with E-state index in [-0.39, 0.29) is 11.4 Å². The standard InChI is InChI=1S/C23H22N2O3S2/c1-3-4-12-25-18(16-11-8-13-29-16)17(20(27)23(25)28)19(26)21-14(2)24-22(30-21)15-9-6-5-7-10-15/h5-11,13,18,27H,3-4,12H2,1-2H3. The van der Waals surface area contributed by atoms with E-state index in [1.165, 1.54) is 22.7 Å². The number of aliphatic hydroxyl groups excluding tert-OH is 1. The van der Waals surface area contributed by atoms with Gasteiger partial charge in [0.1, 0.15) is 5.01 Å². The van der Waals surface area contributed by atoms with Crippen molar-refractivity contribution in [2.75, 3.05) is 6.54 Å². The van der Waals surface area contributed by atoms with Gasteiger partial charge in [-0.05, 0) is 24.8 Å². The number of amides is 1. The lowest BCUT2D eigenvalue weighted by Crippen LogP contribution is -2.31. The summed E-state index contributed by atoms with van der Waals surface area (Å²) < 4.78 is 0. The van der Waals surface area contributed by atoms with Gasteiger partial charge in [0.2, 0.25) is 5.78 Å². The molecule has 7 heteroatoms. The number of hydrogen-bond donors (Lipinski definition) is 1. The fourth-order valence-electron chi connectivity index (χ4n) is 3.62. The zero-order valence-corrected chi connectivity index (χ0v) is 18.4. The van der Waals surface area contributed by atoms with Crippen LogP contribution < -0.4 is 0 Å². The Morgan fingerprint density at radius 2 is 1.97 bits per heavy atom. The van der Waals surface area contributed by atoms with Crippen LogP contribution in [-0.4, -0.2) is 33.2 Å². The third kappa shape index (κ3) is 3.59. The van der Waals surface area contributed by atoms with Crippen molar-refractivity contribution in [3.63, 3.8) is 0 Å². The highest BCUT2D eigenvalue weighted by molar-refractivity contribution is 7.17. The van der Waals surface area contributed by atoms with E-state index in [1.807, 2.05) is 54.8 Å². The second-order valence-corrected chi connectivity index (χ2v) is 9.14. The van der Waals surface area contributed by atoms with Gasteiger partial charge in [-0.3, -0.25) is 9.59 Å². The molecule has 0 fully saturated rings. The van der Waals surface area contributed by atoms with Crippen LogP contribution in [-0.2, 0) is 4.79 Å². The van der Waals surface area contributed by atoms with E-state index in [2.05, 4.69) is 4.98 Å². The molecule has 1 N–H and O–H groups in total. The van der Waals surface area contributed by atoms with Crippen molar-refractivity contribution in [1.29, 1.82) is 0 Å². The molecule has 0 saturated carbocycles. The first-order chi connectivity index (χ1) is 14.5. The van der Waals surface area contributed by atoms with E-state index in [1.54, 1.807) is 11.8 Å². The fraction of sp³-hybridized carbons (Fsp3) is 0.261. The monoisotopic (exact) mass is 438 g/mol. The molecule has 0 radical (unpaired) electrons. The number of aromatic nitrogens is 1. The van der Waals surface area contributed by atoms with E-state index in [4.69, 9.17) is 0 Å². The molecule has 30 heavy (non-hydrogen) atoms. The Balaban J connectivity index is 1.75. The summed E-state index contributed by atoms with van der Waals surface area (Å²) in [5.41, 5.74) is 1.70. The molecule has 1 atom stereocenters. The third-order valence-corrected chi connectivity index (χ3v) is 7.27. The lowest BCUT2D eigenvalue weighted by molar-refractivity contribution is -0.129. The van der Waals surface area contributed by atoms with E-state index in [9.17, 15) is 14.7 Å². The third-order valence-electron chi connectivity index (χ3n) is 5.14. The van der Waals surface area contributed by atoms with Gasteiger partial charge in [-0.1, -0.05) is 49.7 Å². The van der Waals surface area contributed by atoms with Crippen LogP contribution in [0.5, 0.6) is 0 Å². The average Bonchev–Trinajstić information content (AvgIpc) is 3.47. The van der Waals surface area contributed by atoms with E-state index in [0.717, 1.165) is 28.3 Å². The Bertz CT molecular complexity index is 1100. The number of carbonyl (C=O) groups is 2. The predicted molar refractivity (Wildman–Crippen MR) is 120 cm³/mol. The van der Waals surface area contributed by atoms with Crippen molar-refractivity contribution in [2.24, 2.45) is 0 Å². The lowest BCUT2D eigenvalue weighted by Gasteiger charge is -2.25. The van der Waals surface area contributed by atoms with Gasteiger partial charge in [0, 0.05) is 17.0 Å². The molecule has 5 nitrogen and oxygen atoms in total. The number of hydrogen-bond acceptors (Lipinski definition) is 6. The molecule has 1 amide bonds. The highest BCUT2D eigenvalue weighted by Crippen LogP contribution is 2.42. The second-order valence-electron chi connectivity index (χ2n) is 7.16. The van der Waals surface area contributed by atoms with E-state index in [0.29, 0.717) is 17.1 Å². The number of carbonyl (C=O) groups excluding carboxylic acids is 2. The number of nitrogens with zero attached hydrogens (tertiary/aromatic N) is 2. The number of ketones is 1. The minimum atomic E-state index is -0.557. The highest BCUT2D eigenvalue weighted by Gasteiger charge is 2.44. The van der Waals surface area contributed by atoms with Gasteiger partial charge in [-0.2, -0.15) is 0 Å². The molecule has 1 unspecified atom stereocenters. The van der Waals surface area contributed by atoms with Crippen LogP contribution in [0.4, 0.5) is 0 Å². The first-order valence-corrected chi connectivity index (χ1v) is 11.6. The molecule has 0 spiro atoms. The summed E-state index contributed by atoms with van der Waals surface area (Å²) in [7, 11) is 0. The van der Waals surface area contributed by atoms with Crippen LogP contribution >= 0.6 is 22.7 Å². The van der Waals surface area contributed by atoms with E-state index >= 15 is 0 Å². The molecule has 1 aliphatic rings. The normalized spacial score (nSPS) is 16.5. The first kappa shape index (κ1) is 20.5. The molecule has 0 bridgehead atoms. The summed E-state index contributed by atoms with van der Waals surface area (Å²) in [6, 6.07) is 12.9. The molecular formula is C23H22N2O3S2. The quantitative estimate of drug-likeness (QED) is 0.490. The minimum absolute atomic E-state index is 0.157. The van der Waals surface area contributed by atoms with Gasteiger partial charge in [0.15, 0.2) is 5.76 Å². The summed E-state index contributed by atoms with van der Waals surface area (Å²) >= 11 is 2.78. The maximum absolute atomic E-state index is 13.6. The number of aryl methyl sites for hydroxylation is 1. The molecule has 1 aliphatic heterocycles. The van der Waals surface area contributed by atoms with Gasteiger partial charge >= 0.3 is 0 Å². The Hall–Kier alpha value is -2.77. The fourth-order valence-corrected chi connectivity index (χ4v) is 5.49. The largest absolute Gasteiger partial charge is 0.503 e. The number of aliphatic hydroxyl groups is 1. The van der Waals surface area contributed by atoms with Crippen LogP contribution in [0.15, 0.2) is 59.2 Å². The number of thiophene rings is 1. The minimum Gasteiger partial charge on any atom is -0.503 e. The topological polar surface area (TPSA) is 70.5 Å². The molecule has 3 aromatic rings.